The molecule has 0 bridgehead atoms. The molecule has 19 heavy (non-hydrogen) atoms. The Hall–Kier alpha value is -1.68. The highest BCUT2D eigenvalue weighted by molar-refractivity contribution is 7.80. The lowest BCUT2D eigenvalue weighted by atomic mass is 10.2. The second-order valence-electron chi connectivity index (χ2n) is 4.59. The third-order valence-electron chi connectivity index (χ3n) is 3.18. The van der Waals surface area contributed by atoms with E-state index in [9.17, 15) is 4.79 Å². The largest absolute Gasteiger partial charge is 0.317 e. The van der Waals surface area contributed by atoms with Gasteiger partial charge in [-0.1, -0.05) is 43.7 Å². The Labute approximate surface area is 119 Å². The van der Waals surface area contributed by atoms with Gasteiger partial charge in [0, 0.05) is 13.6 Å². The number of carbonyl (C=O) groups excluding carboxylic acids is 1. The lowest BCUT2D eigenvalue weighted by Gasteiger charge is -2.15. The molecule has 0 unspecified atom stereocenters. The fourth-order valence-electron chi connectivity index (χ4n) is 2.03. The van der Waals surface area contributed by atoms with E-state index in [1.165, 1.54) is 0 Å². The summed E-state index contributed by atoms with van der Waals surface area (Å²) in [4.78, 5) is 15.8. The number of nitrogens with zero attached hydrogens (tertiary/aromatic N) is 2. The van der Waals surface area contributed by atoms with Gasteiger partial charge in [0.25, 0.3) is 5.91 Å². The van der Waals surface area contributed by atoms with E-state index in [0.29, 0.717) is 17.4 Å². The van der Waals surface area contributed by atoms with Crippen LogP contribution in [0.4, 0.5) is 0 Å². The van der Waals surface area contributed by atoms with Crippen LogP contribution < -0.4 is 0 Å². The van der Waals surface area contributed by atoms with Gasteiger partial charge in [-0.3, -0.25) is 9.69 Å². The number of rotatable bonds is 4. The molecule has 4 heteroatoms. The molecule has 1 aromatic carbocycles. The minimum absolute atomic E-state index is 0.00445. The molecule has 1 amide bonds. The Morgan fingerprint density at radius 1 is 1.26 bits per heavy atom. The minimum Gasteiger partial charge on any atom is -0.317 e. The maximum atomic E-state index is 12.4. The highest BCUT2D eigenvalue weighted by atomic mass is 32.1. The van der Waals surface area contributed by atoms with Crippen LogP contribution >= 0.6 is 12.2 Å². The van der Waals surface area contributed by atoms with Gasteiger partial charge in [0.2, 0.25) is 0 Å². The molecule has 2 rings (SSSR count). The van der Waals surface area contributed by atoms with E-state index in [1.54, 1.807) is 9.80 Å². The Morgan fingerprint density at radius 2 is 1.95 bits per heavy atom. The predicted molar refractivity (Wildman–Crippen MR) is 81.4 cm³/mol. The topological polar surface area (TPSA) is 23.6 Å². The van der Waals surface area contributed by atoms with Crippen LogP contribution in [-0.4, -0.2) is 34.4 Å². The van der Waals surface area contributed by atoms with Crippen molar-refractivity contribution in [1.29, 1.82) is 0 Å². The maximum Gasteiger partial charge on any atom is 0.276 e. The standard InChI is InChI=1S/C15H18N2OS/c1-3-4-10-17-14(18)13(16(2)15(17)19)11-12-8-6-5-7-9-12/h5-9,11H,3-4,10H2,1-2H3. The number of amides is 1. The molecule has 0 spiro atoms. The van der Waals surface area contributed by atoms with Gasteiger partial charge in [0.1, 0.15) is 5.70 Å². The van der Waals surface area contributed by atoms with Gasteiger partial charge in [-0.2, -0.15) is 0 Å². The number of benzene rings is 1. The molecule has 1 aromatic rings. The Kier molecular flexibility index (Phi) is 4.32. The van der Waals surface area contributed by atoms with Gasteiger partial charge in [-0.15, -0.1) is 0 Å². The van der Waals surface area contributed by atoms with Gasteiger partial charge in [-0.25, -0.2) is 0 Å². The molecule has 3 nitrogen and oxygen atoms in total. The molecule has 0 aliphatic carbocycles. The van der Waals surface area contributed by atoms with E-state index in [1.807, 2.05) is 43.5 Å². The third kappa shape index (κ3) is 2.84. The monoisotopic (exact) mass is 274 g/mol. The van der Waals surface area contributed by atoms with Crippen LogP contribution in [0.1, 0.15) is 25.3 Å². The summed E-state index contributed by atoms with van der Waals surface area (Å²) in [6.45, 7) is 2.80. The van der Waals surface area contributed by atoms with Crippen LogP contribution in [0.3, 0.4) is 0 Å². The van der Waals surface area contributed by atoms with E-state index in [2.05, 4.69) is 6.92 Å². The van der Waals surface area contributed by atoms with E-state index in [0.717, 1.165) is 18.4 Å². The van der Waals surface area contributed by atoms with E-state index in [-0.39, 0.29) is 5.91 Å². The van der Waals surface area contributed by atoms with Crippen LogP contribution in [0.2, 0.25) is 0 Å². The van der Waals surface area contributed by atoms with Gasteiger partial charge >= 0.3 is 0 Å². The van der Waals surface area contributed by atoms with Crippen molar-refractivity contribution in [1.82, 2.24) is 9.80 Å². The molecular formula is C15H18N2OS. The first kappa shape index (κ1) is 13.7. The summed E-state index contributed by atoms with van der Waals surface area (Å²) in [5.74, 6) is 0.00445. The first-order valence-corrected chi connectivity index (χ1v) is 6.92. The second-order valence-corrected chi connectivity index (χ2v) is 4.96. The molecule has 1 heterocycles. The summed E-state index contributed by atoms with van der Waals surface area (Å²) >= 11 is 5.34. The third-order valence-corrected chi connectivity index (χ3v) is 3.68. The lowest BCUT2D eigenvalue weighted by Crippen LogP contribution is -2.32. The van der Waals surface area contributed by atoms with Crippen molar-refractivity contribution in [3.63, 3.8) is 0 Å². The lowest BCUT2D eigenvalue weighted by molar-refractivity contribution is -0.122. The molecule has 1 aliphatic heterocycles. The van der Waals surface area contributed by atoms with Crippen LogP contribution in [-0.2, 0) is 4.79 Å². The number of thiocarbonyl (C=S) groups is 1. The van der Waals surface area contributed by atoms with Crippen molar-refractivity contribution in [3.8, 4) is 0 Å². The van der Waals surface area contributed by atoms with Crippen molar-refractivity contribution in [2.45, 2.75) is 19.8 Å². The van der Waals surface area contributed by atoms with Crippen molar-refractivity contribution >= 4 is 29.3 Å². The highest BCUT2D eigenvalue weighted by Crippen LogP contribution is 2.22. The summed E-state index contributed by atoms with van der Waals surface area (Å²) in [5.41, 5.74) is 1.66. The fourth-order valence-corrected chi connectivity index (χ4v) is 2.30. The summed E-state index contributed by atoms with van der Waals surface area (Å²) in [5, 5.41) is 0.598. The second kappa shape index (κ2) is 5.97. The zero-order valence-corrected chi connectivity index (χ0v) is 12.1. The van der Waals surface area contributed by atoms with Crippen LogP contribution in [0.5, 0.6) is 0 Å². The van der Waals surface area contributed by atoms with Crippen LogP contribution in [0.25, 0.3) is 6.08 Å². The molecule has 0 radical (unpaired) electrons. The highest BCUT2D eigenvalue weighted by Gasteiger charge is 2.34. The Morgan fingerprint density at radius 3 is 2.58 bits per heavy atom. The summed E-state index contributed by atoms with van der Waals surface area (Å²) < 4.78 is 0. The average molecular weight is 274 g/mol. The number of unbranched alkanes of at least 4 members (excludes halogenated alkanes) is 1. The number of hydrogen-bond donors (Lipinski definition) is 0. The molecule has 0 atom stereocenters. The van der Waals surface area contributed by atoms with Crippen LogP contribution in [0, 0.1) is 0 Å². The minimum atomic E-state index is 0.00445. The SMILES string of the molecule is CCCCN1C(=O)C(=Cc2ccccc2)N(C)C1=S. The summed E-state index contributed by atoms with van der Waals surface area (Å²) in [6, 6.07) is 9.83. The van der Waals surface area contributed by atoms with Gasteiger partial charge in [-0.05, 0) is 30.3 Å². The summed E-state index contributed by atoms with van der Waals surface area (Å²) in [7, 11) is 1.85. The molecule has 1 saturated heterocycles. The van der Waals surface area contributed by atoms with E-state index in [4.69, 9.17) is 12.2 Å². The quantitative estimate of drug-likeness (QED) is 0.623. The molecule has 0 aromatic heterocycles. The molecular weight excluding hydrogens is 256 g/mol. The molecule has 0 N–H and O–H groups in total. The van der Waals surface area contributed by atoms with E-state index < -0.39 is 0 Å². The Bertz CT molecular complexity index is 510. The number of carbonyl (C=O) groups is 1. The smallest absolute Gasteiger partial charge is 0.276 e. The summed E-state index contributed by atoms with van der Waals surface area (Å²) in [6.07, 6.45) is 3.91. The Balaban J connectivity index is 2.25. The first-order chi connectivity index (χ1) is 9.15. The fraction of sp³-hybridized carbons (Fsp3) is 0.333. The van der Waals surface area contributed by atoms with Gasteiger partial charge in [0.05, 0.1) is 0 Å². The zero-order chi connectivity index (χ0) is 13.8. The van der Waals surface area contributed by atoms with Crippen molar-refractivity contribution in [2.24, 2.45) is 0 Å². The first-order valence-electron chi connectivity index (χ1n) is 6.51. The van der Waals surface area contributed by atoms with Gasteiger partial charge < -0.3 is 4.90 Å². The normalized spacial score (nSPS) is 17.7. The van der Waals surface area contributed by atoms with Crippen LogP contribution in [0.15, 0.2) is 36.0 Å². The maximum absolute atomic E-state index is 12.4. The van der Waals surface area contributed by atoms with Crippen molar-refractivity contribution in [2.75, 3.05) is 13.6 Å². The molecule has 1 aliphatic rings. The van der Waals surface area contributed by atoms with Gasteiger partial charge in [0.15, 0.2) is 5.11 Å². The average Bonchev–Trinajstić information content (AvgIpc) is 2.62. The van der Waals surface area contributed by atoms with Crippen molar-refractivity contribution < 1.29 is 4.79 Å². The number of hydrogen-bond acceptors (Lipinski definition) is 2. The molecule has 0 saturated carbocycles. The molecule has 1 fully saturated rings. The molecule has 100 valence electrons. The zero-order valence-electron chi connectivity index (χ0n) is 11.3. The number of likely N-dealkylation sites (N-methyl/N-ethyl adjacent to an activating group) is 1. The predicted octanol–water partition coefficient (Wildman–Crippen LogP) is 2.89. The van der Waals surface area contributed by atoms with E-state index >= 15 is 0 Å². The van der Waals surface area contributed by atoms with Crippen molar-refractivity contribution in [3.05, 3.63) is 41.6 Å².